The second kappa shape index (κ2) is 13.9. The maximum atomic E-state index is 12.9. The molecule has 0 saturated heterocycles. The van der Waals surface area contributed by atoms with Gasteiger partial charge < -0.3 is 29.4 Å². The van der Waals surface area contributed by atoms with Gasteiger partial charge in [0, 0.05) is 11.6 Å². The minimum atomic E-state index is -0.535. The molecule has 0 radical (unpaired) electrons. The van der Waals surface area contributed by atoms with Gasteiger partial charge in [0.25, 0.3) is 0 Å². The lowest BCUT2D eigenvalue weighted by atomic mass is 9.83. The van der Waals surface area contributed by atoms with Crippen molar-refractivity contribution in [2.45, 2.75) is 40.2 Å². The number of benzene rings is 4. The molecule has 1 heterocycles. The number of carbonyl (C=O) groups excluding carboxylic acids is 1. The van der Waals surface area contributed by atoms with Gasteiger partial charge in [-0.25, -0.2) is 4.79 Å². The van der Waals surface area contributed by atoms with Crippen LogP contribution in [0.3, 0.4) is 0 Å². The zero-order chi connectivity index (χ0) is 31.9. The van der Waals surface area contributed by atoms with Gasteiger partial charge in [-0.05, 0) is 73.4 Å². The summed E-state index contributed by atoms with van der Waals surface area (Å²) in [6.07, 6.45) is 0. The number of carbonyl (C=O) groups is 1. The highest BCUT2D eigenvalue weighted by molar-refractivity contribution is 5.91. The quantitative estimate of drug-likeness (QED) is 0.139. The minimum Gasteiger partial charge on any atom is -0.493 e. The average molecular weight is 605 g/mol. The molecule has 4 aromatic rings. The Balaban J connectivity index is 1.38. The molecule has 0 aromatic heterocycles. The molecule has 8 nitrogen and oxygen atoms in total. The Hall–Kier alpha value is -5.42. The molecule has 1 atom stereocenters. The number of nitrogens with two attached hydrogens (primary N) is 1. The number of hydrogen-bond acceptors (Lipinski definition) is 8. The summed E-state index contributed by atoms with van der Waals surface area (Å²) in [5.74, 6) is 1.80. The normalized spacial score (nSPS) is 13.8. The van der Waals surface area contributed by atoms with E-state index in [2.05, 4.69) is 19.9 Å². The molecular formula is C37H36N2O6. The Bertz CT molecular complexity index is 1740. The van der Waals surface area contributed by atoms with Crippen LogP contribution in [-0.4, -0.2) is 19.2 Å². The zero-order valence-electron chi connectivity index (χ0n) is 25.8. The number of ether oxygens (including phenoxy) is 5. The highest BCUT2D eigenvalue weighted by Crippen LogP contribution is 2.45. The van der Waals surface area contributed by atoms with Gasteiger partial charge >= 0.3 is 5.97 Å². The van der Waals surface area contributed by atoms with Crippen LogP contribution in [0.5, 0.6) is 28.7 Å². The summed E-state index contributed by atoms with van der Waals surface area (Å²) in [5.41, 5.74) is 10.6. The van der Waals surface area contributed by atoms with Crippen molar-refractivity contribution in [3.05, 3.63) is 124 Å². The highest BCUT2D eigenvalue weighted by Gasteiger charge is 2.32. The average Bonchev–Trinajstić information content (AvgIpc) is 3.03. The van der Waals surface area contributed by atoms with E-state index in [-0.39, 0.29) is 17.2 Å². The number of nitrogens with zero attached hydrogens (tertiary/aromatic N) is 1. The van der Waals surface area contributed by atoms with Crippen LogP contribution in [0, 0.1) is 24.2 Å². The van der Waals surface area contributed by atoms with Crippen molar-refractivity contribution >= 4 is 5.97 Å². The van der Waals surface area contributed by atoms with E-state index in [0.29, 0.717) is 59.9 Å². The molecule has 230 valence electrons. The fraction of sp³-hybridized carbons (Fsp3) is 0.243. The van der Waals surface area contributed by atoms with Gasteiger partial charge in [-0.1, -0.05) is 55.8 Å². The standard InChI is InChI=1S/C37H36N2O6/c1-5-41-34-18-27(12-17-32(34)43-22-25-8-6-24(4)7-9-25)35-30-16-15-29(19-33(30)45-36(39)31(35)20-38)44-37(40)26-10-13-28(14-11-26)42-21-23(2)3/h6-19,23,35H,5,21-22,39H2,1-4H3. The Morgan fingerprint density at radius 3 is 2.33 bits per heavy atom. The van der Waals surface area contributed by atoms with Crippen LogP contribution in [0.4, 0.5) is 0 Å². The fourth-order valence-electron chi connectivity index (χ4n) is 4.90. The van der Waals surface area contributed by atoms with Gasteiger partial charge in [0.1, 0.15) is 35.5 Å². The Kier molecular flexibility index (Phi) is 9.59. The van der Waals surface area contributed by atoms with Crippen molar-refractivity contribution in [2.24, 2.45) is 11.7 Å². The molecule has 4 aromatic carbocycles. The monoisotopic (exact) mass is 604 g/mol. The third-order valence-electron chi connectivity index (χ3n) is 7.19. The smallest absolute Gasteiger partial charge is 0.343 e. The Morgan fingerprint density at radius 1 is 0.911 bits per heavy atom. The Labute approximate surface area is 263 Å². The predicted octanol–water partition coefficient (Wildman–Crippen LogP) is 7.44. The maximum Gasteiger partial charge on any atom is 0.343 e. The van der Waals surface area contributed by atoms with E-state index in [0.717, 1.165) is 11.1 Å². The van der Waals surface area contributed by atoms with Crippen molar-refractivity contribution < 1.29 is 28.5 Å². The molecule has 45 heavy (non-hydrogen) atoms. The van der Waals surface area contributed by atoms with E-state index in [1.807, 2.05) is 56.3 Å². The van der Waals surface area contributed by atoms with Crippen molar-refractivity contribution in [1.82, 2.24) is 0 Å². The maximum absolute atomic E-state index is 12.9. The number of rotatable bonds is 11. The second-order valence-electron chi connectivity index (χ2n) is 11.2. The Morgan fingerprint density at radius 2 is 1.64 bits per heavy atom. The van der Waals surface area contributed by atoms with Crippen LogP contribution in [0.25, 0.3) is 0 Å². The third kappa shape index (κ3) is 7.39. The summed E-state index contributed by atoms with van der Waals surface area (Å²) >= 11 is 0. The van der Waals surface area contributed by atoms with Crippen molar-refractivity contribution in [1.29, 1.82) is 5.26 Å². The van der Waals surface area contributed by atoms with Crippen molar-refractivity contribution in [2.75, 3.05) is 13.2 Å². The highest BCUT2D eigenvalue weighted by atomic mass is 16.5. The molecular weight excluding hydrogens is 568 g/mol. The molecule has 0 bridgehead atoms. The SMILES string of the molecule is CCOc1cc(C2C(C#N)=C(N)Oc3cc(OC(=O)c4ccc(OCC(C)C)cc4)ccc32)ccc1OCc1ccc(C)cc1. The summed E-state index contributed by atoms with van der Waals surface area (Å²) in [6.45, 7) is 9.48. The summed E-state index contributed by atoms with van der Waals surface area (Å²) in [5, 5.41) is 10.1. The van der Waals surface area contributed by atoms with Crippen LogP contribution >= 0.6 is 0 Å². The molecule has 1 aliphatic heterocycles. The first-order chi connectivity index (χ1) is 21.7. The summed E-state index contributed by atoms with van der Waals surface area (Å²) < 4.78 is 29.2. The molecule has 8 heteroatoms. The number of fused-ring (bicyclic) bond motifs is 1. The first kappa shape index (κ1) is 31.0. The van der Waals surface area contributed by atoms with Crippen LogP contribution < -0.4 is 29.4 Å². The van der Waals surface area contributed by atoms with Crippen LogP contribution in [0.15, 0.2) is 96.4 Å². The second-order valence-corrected chi connectivity index (χ2v) is 11.2. The number of aryl methyl sites for hydroxylation is 1. The minimum absolute atomic E-state index is 0.0203. The van der Waals surface area contributed by atoms with E-state index in [9.17, 15) is 10.1 Å². The lowest BCUT2D eigenvalue weighted by molar-refractivity contribution is 0.0734. The van der Waals surface area contributed by atoms with Gasteiger partial charge in [-0.3, -0.25) is 0 Å². The molecule has 2 N–H and O–H groups in total. The van der Waals surface area contributed by atoms with Crippen LogP contribution in [0.2, 0.25) is 0 Å². The topological polar surface area (TPSA) is 113 Å². The molecule has 1 aliphatic rings. The van der Waals surface area contributed by atoms with Gasteiger partial charge in [-0.2, -0.15) is 5.26 Å². The van der Waals surface area contributed by atoms with Crippen molar-refractivity contribution in [3.8, 4) is 34.8 Å². The lowest BCUT2D eigenvalue weighted by Crippen LogP contribution is -2.21. The molecule has 0 saturated carbocycles. The zero-order valence-corrected chi connectivity index (χ0v) is 25.8. The van der Waals surface area contributed by atoms with Gasteiger partial charge in [0.05, 0.1) is 24.7 Å². The largest absolute Gasteiger partial charge is 0.493 e. The number of hydrogen-bond donors (Lipinski definition) is 1. The summed E-state index contributed by atoms with van der Waals surface area (Å²) in [6, 6.07) is 27.8. The third-order valence-corrected chi connectivity index (χ3v) is 7.19. The van der Waals surface area contributed by atoms with Gasteiger partial charge in [-0.15, -0.1) is 0 Å². The molecule has 1 unspecified atom stereocenters. The molecule has 0 aliphatic carbocycles. The van der Waals surface area contributed by atoms with Crippen LogP contribution in [-0.2, 0) is 6.61 Å². The van der Waals surface area contributed by atoms with Gasteiger partial charge in [0.15, 0.2) is 11.5 Å². The molecule has 0 amide bonds. The summed E-state index contributed by atoms with van der Waals surface area (Å²) in [4.78, 5) is 12.9. The van der Waals surface area contributed by atoms with Crippen LogP contribution in [0.1, 0.15) is 59.3 Å². The van der Waals surface area contributed by atoms with Crippen molar-refractivity contribution in [3.63, 3.8) is 0 Å². The number of esters is 1. The predicted molar refractivity (Wildman–Crippen MR) is 171 cm³/mol. The van der Waals surface area contributed by atoms with E-state index in [4.69, 9.17) is 29.4 Å². The molecule has 5 rings (SSSR count). The first-order valence-electron chi connectivity index (χ1n) is 14.9. The van der Waals surface area contributed by atoms with E-state index in [1.54, 1.807) is 42.5 Å². The number of nitriles is 1. The lowest BCUT2D eigenvalue weighted by Gasteiger charge is -2.27. The fourth-order valence-corrected chi connectivity index (χ4v) is 4.90. The van der Waals surface area contributed by atoms with Gasteiger partial charge in [0.2, 0.25) is 5.88 Å². The van der Waals surface area contributed by atoms with E-state index in [1.165, 1.54) is 5.56 Å². The molecule has 0 fully saturated rings. The first-order valence-corrected chi connectivity index (χ1v) is 14.9. The van der Waals surface area contributed by atoms with E-state index >= 15 is 0 Å². The van der Waals surface area contributed by atoms with E-state index < -0.39 is 11.9 Å². The summed E-state index contributed by atoms with van der Waals surface area (Å²) in [7, 11) is 0. The number of allylic oxidation sites excluding steroid dienone is 1. The molecule has 0 spiro atoms.